The van der Waals surface area contributed by atoms with Gasteiger partial charge in [0.25, 0.3) is 11.5 Å². The van der Waals surface area contributed by atoms with Crippen molar-refractivity contribution in [3.8, 4) is 11.8 Å². The summed E-state index contributed by atoms with van der Waals surface area (Å²) in [5.41, 5.74) is 7.05. The number of hydrogen-bond acceptors (Lipinski definition) is 5. The Morgan fingerprint density at radius 2 is 1.86 bits per heavy atom. The maximum Gasteiger partial charge on any atom is 0.275 e. The molecule has 0 fully saturated rings. The van der Waals surface area contributed by atoms with Crippen molar-refractivity contribution in [3.05, 3.63) is 81.4 Å². The maximum absolute atomic E-state index is 13.3. The number of amides is 1. The van der Waals surface area contributed by atoms with Crippen LogP contribution in [0.2, 0.25) is 0 Å². The van der Waals surface area contributed by atoms with Crippen LogP contribution in [0.15, 0.2) is 58.2 Å². The van der Waals surface area contributed by atoms with E-state index in [1.165, 1.54) is 24.3 Å². The van der Waals surface area contributed by atoms with Crippen LogP contribution in [0.1, 0.15) is 21.5 Å². The van der Waals surface area contributed by atoms with Crippen LogP contribution in [0.25, 0.3) is 5.69 Å². The zero-order valence-corrected chi connectivity index (χ0v) is 16.5. The Bertz CT molecular complexity index is 1200. The number of anilines is 2. The van der Waals surface area contributed by atoms with Gasteiger partial charge in [0.2, 0.25) is 0 Å². The van der Waals surface area contributed by atoms with Gasteiger partial charge in [0.1, 0.15) is 23.3 Å². The number of para-hydroxylation sites is 1. The van der Waals surface area contributed by atoms with E-state index in [0.29, 0.717) is 5.69 Å². The van der Waals surface area contributed by atoms with Crippen molar-refractivity contribution in [2.45, 2.75) is 11.8 Å². The summed E-state index contributed by atoms with van der Waals surface area (Å²) in [6.45, 7) is 1.84. The number of rotatable bonds is 4. The number of nitrogens with one attached hydrogen (secondary N) is 1. The van der Waals surface area contributed by atoms with Gasteiger partial charge in [-0.2, -0.15) is 5.26 Å². The third kappa shape index (κ3) is 3.73. The number of aryl methyl sites for hydroxylation is 1. The van der Waals surface area contributed by atoms with Crippen LogP contribution < -0.4 is 16.6 Å². The molecule has 1 heterocycles. The molecule has 146 valence electrons. The number of carbonyl (C=O) groups excluding carboxylic acids is 1. The van der Waals surface area contributed by atoms with Crippen molar-refractivity contribution in [1.82, 2.24) is 4.57 Å². The van der Waals surface area contributed by atoms with Gasteiger partial charge in [0.05, 0.1) is 11.3 Å². The number of nitrogen functional groups attached to an aromatic ring is 1. The molecule has 0 saturated heterocycles. The molecule has 3 N–H and O–H groups in total. The Balaban J connectivity index is 2.25. The molecule has 0 spiro atoms. The number of hydrogen-bond donors (Lipinski definition) is 2. The third-order valence-electron chi connectivity index (χ3n) is 4.39. The van der Waals surface area contributed by atoms with Gasteiger partial charge in [0, 0.05) is 10.6 Å². The lowest BCUT2D eigenvalue weighted by atomic mass is 10.1. The third-order valence-corrected chi connectivity index (χ3v) is 5.21. The van der Waals surface area contributed by atoms with E-state index < -0.39 is 17.3 Å². The minimum absolute atomic E-state index is 0.0150. The van der Waals surface area contributed by atoms with E-state index in [1.54, 1.807) is 18.4 Å². The van der Waals surface area contributed by atoms with Gasteiger partial charge in [0.15, 0.2) is 0 Å². The summed E-state index contributed by atoms with van der Waals surface area (Å²) < 4.78 is 14.4. The highest BCUT2D eigenvalue weighted by atomic mass is 32.2. The van der Waals surface area contributed by atoms with E-state index in [1.807, 2.05) is 25.1 Å². The Kier molecular flexibility index (Phi) is 5.71. The number of benzene rings is 2. The van der Waals surface area contributed by atoms with Gasteiger partial charge < -0.3 is 11.1 Å². The first-order valence-corrected chi connectivity index (χ1v) is 9.77. The lowest BCUT2D eigenvalue weighted by molar-refractivity contribution is 0.102. The van der Waals surface area contributed by atoms with Crippen LogP contribution in [0.5, 0.6) is 0 Å². The molecule has 0 atom stereocenters. The second kappa shape index (κ2) is 8.20. The lowest BCUT2D eigenvalue weighted by Crippen LogP contribution is -2.29. The number of halogens is 1. The number of nitriles is 1. The number of thioether (sulfide) groups is 1. The summed E-state index contributed by atoms with van der Waals surface area (Å²) in [6, 6.07) is 14.1. The first kappa shape index (κ1) is 20.2. The number of nitrogens with zero attached hydrogens (tertiary/aromatic N) is 2. The van der Waals surface area contributed by atoms with E-state index in [4.69, 9.17) is 5.73 Å². The molecule has 0 radical (unpaired) electrons. The molecule has 0 aliphatic rings. The molecule has 2 aromatic carbocycles. The van der Waals surface area contributed by atoms with E-state index in [2.05, 4.69) is 5.32 Å². The normalized spacial score (nSPS) is 10.4. The van der Waals surface area contributed by atoms with Gasteiger partial charge in [-0.15, -0.1) is 11.8 Å². The highest BCUT2D eigenvalue weighted by Gasteiger charge is 2.25. The van der Waals surface area contributed by atoms with Crippen molar-refractivity contribution in [3.63, 3.8) is 0 Å². The number of carbonyl (C=O) groups is 1. The number of nitrogens with two attached hydrogens (primary N) is 1. The highest BCUT2D eigenvalue weighted by molar-refractivity contribution is 7.98. The summed E-state index contributed by atoms with van der Waals surface area (Å²) in [5, 5.41) is 12.4. The van der Waals surface area contributed by atoms with E-state index in [-0.39, 0.29) is 27.5 Å². The summed E-state index contributed by atoms with van der Waals surface area (Å²) in [5.74, 6) is -1.16. The molecular weight excluding hydrogens is 391 g/mol. The maximum atomic E-state index is 13.3. The molecule has 1 aromatic heterocycles. The molecule has 8 heteroatoms. The minimum atomic E-state index is -0.673. The Labute approximate surface area is 170 Å². The fourth-order valence-corrected chi connectivity index (χ4v) is 3.68. The highest BCUT2D eigenvalue weighted by Crippen LogP contribution is 2.30. The second-order valence-electron chi connectivity index (χ2n) is 6.17. The van der Waals surface area contributed by atoms with Crippen molar-refractivity contribution in [2.24, 2.45) is 0 Å². The van der Waals surface area contributed by atoms with Crippen LogP contribution in [0, 0.1) is 24.1 Å². The van der Waals surface area contributed by atoms with Crippen molar-refractivity contribution < 1.29 is 9.18 Å². The fourth-order valence-electron chi connectivity index (χ4n) is 2.94. The Hall–Kier alpha value is -3.57. The van der Waals surface area contributed by atoms with Crippen molar-refractivity contribution in [1.29, 1.82) is 5.26 Å². The van der Waals surface area contributed by atoms with Crippen LogP contribution in [0.3, 0.4) is 0 Å². The van der Waals surface area contributed by atoms with Gasteiger partial charge in [-0.3, -0.25) is 14.2 Å². The summed E-state index contributed by atoms with van der Waals surface area (Å²) in [6.07, 6.45) is 1.65. The second-order valence-corrected chi connectivity index (χ2v) is 6.98. The summed E-state index contributed by atoms with van der Waals surface area (Å²) in [4.78, 5) is 26.2. The minimum Gasteiger partial charge on any atom is -0.384 e. The molecule has 0 unspecified atom stereocenters. The zero-order valence-electron chi connectivity index (χ0n) is 15.7. The topological polar surface area (TPSA) is 101 Å². The first-order chi connectivity index (χ1) is 13.9. The predicted molar refractivity (Wildman–Crippen MR) is 112 cm³/mol. The standard InChI is InChI=1S/C21H17FN4O2S/c1-12-5-3-4-6-16(12)25-20(27)17-18(29-2)15(11-23)21(28)26(19(17)24)14-9-7-13(22)8-10-14/h3-10H,24H2,1-2H3,(H,25,27). The molecule has 3 rings (SSSR count). The molecule has 0 bridgehead atoms. The quantitative estimate of drug-likeness (QED) is 0.641. The monoisotopic (exact) mass is 408 g/mol. The van der Waals surface area contributed by atoms with Crippen LogP contribution in [0.4, 0.5) is 15.9 Å². The van der Waals surface area contributed by atoms with E-state index in [0.717, 1.165) is 21.9 Å². The van der Waals surface area contributed by atoms with Crippen molar-refractivity contribution >= 4 is 29.2 Å². The largest absolute Gasteiger partial charge is 0.384 e. The summed E-state index contributed by atoms with van der Waals surface area (Å²) >= 11 is 1.09. The zero-order chi connectivity index (χ0) is 21.1. The smallest absolute Gasteiger partial charge is 0.275 e. The van der Waals surface area contributed by atoms with Crippen LogP contribution >= 0.6 is 11.8 Å². The first-order valence-electron chi connectivity index (χ1n) is 8.54. The Morgan fingerprint density at radius 1 is 1.21 bits per heavy atom. The molecule has 0 aliphatic carbocycles. The van der Waals surface area contributed by atoms with E-state index >= 15 is 0 Å². The average molecular weight is 408 g/mol. The lowest BCUT2D eigenvalue weighted by Gasteiger charge is -2.18. The molecule has 3 aromatic rings. The van der Waals surface area contributed by atoms with Gasteiger partial charge in [-0.25, -0.2) is 4.39 Å². The average Bonchev–Trinajstić information content (AvgIpc) is 2.70. The SMILES string of the molecule is CSc1c(C(=O)Nc2ccccc2C)c(N)n(-c2ccc(F)cc2)c(=O)c1C#N. The number of pyridine rings is 1. The molecule has 1 amide bonds. The molecule has 6 nitrogen and oxygen atoms in total. The van der Waals surface area contributed by atoms with E-state index in [9.17, 15) is 19.2 Å². The summed E-state index contributed by atoms with van der Waals surface area (Å²) in [7, 11) is 0. The molecule has 0 aliphatic heterocycles. The van der Waals surface area contributed by atoms with Gasteiger partial charge in [-0.1, -0.05) is 18.2 Å². The van der Waals surface area contributed by atoms with Crippen LogP contribution in [-0.4, -0.2) is 16.7 Å². The molecule has 29 heavy (non-hydrogen) atoms. The van der Waals surface area contributed by atoms with Crippen molar-refractivity contribution in [2.75, 3.05) is 17.3 Å². The molecular formula is C21H17FN4O2S. The molecule has 0 saturated carbocycles. The van der Waals surface area contributed by atoms with Gasteiger partial charge >= 0.3 is 0 Å². The van der Waals surface area contributed by atoms with Gasteiger partial charge in [-0.05, 0) is 49.1 Å². The fraction of sp³-hybridized carbons (Fsp3) is 0.0952. The number of aromatic nitrogens is 1. The van der Waals surface area contributed by atoms with Crippen LogP contribution in [-0.2, 0) is 0 Å². The predicted octanol–water partition coefficient (Wildman–Crippen LogP) is 3.71. The Morgan fingerprint density at radius 3 is 2.45 bits per heavy atom.